The Hall–Kier alpha value is -1.66. The van der Waals surface area contributed by atoms with Gasteiger partial charge in [-0.15, -0.1) is 0 Å². The van der Waals surface area contributed by atoms with Crippen molar-refractivity contribution < 1.29 is 12.8 Å². The number of benzene rings is 1. The van der Waals surface area contributed by atoms with E-state index in [9.17, 15) is 8.42 Å². The highest BCUT2D eigenvalue weighted by molar-refractivity contribution is 7.90. The number of hydrogen-bond donors (Lipinski definition) is 1. The van der Waals surface area contributed by atoms with Gasteiger partial charge < -0.3 is 9.73 Å². The van der Waals surface area contributed by atoms with Gasteiger partial charge in [-0.25, -0.2) is 13.4 Å². The van der Waals surface area contributed by atoms with E-state index in [1.54, 1.807) is 30.5 Å². The summed E-state index contributed by atoms with van der Waals surface area (Å²) >= 11 is 0. The van der Waals surface area contributed by atoms with Gasteiger partial charge in [0, 0.05) is 11.8 Å². The Morgan fingerprint density at radius 2 is 2.15 bits per heavy atom. The number of nitrogens with zero attached hydrogens (tertiary/aromatic N) is 1. The van der Waals surface area contributed by atoms with Gasteiger partial charge in [-0.2, -0.15) is 0 Å². The molecule has 0 aliphatic rings. The first kappa shape index (κ1) is 14.7. The second-order valence-corrected chi connectivity index (χ2v) is 6.61. The molecule has 0 aliphatic heterocycles. The maximum Gasteiger partial charge on any atom is 0.208 e. The number of sulfone groups is 1. The number of aromatic nitrogens is 1. The second kappa shape index (κ2) is 6.19. The molecule has 0 spiro atoms. The molecule has 1 N–H and O–H groups in total. The Kier molecular flexibility index (Phi) is 4.57. The van der Waals surface area contributed by atoms with Gasteiger partial charge in [0.25, 0.3) is 0 Å². The molecule has 0 fully saturated rings. The second-order valence-electron chi connectivity index (χ2n) is 4.60. The van der Waals surface area contributed by atoms with Gasteiger partial charge in [0.2, 0.25) is 5.89 Å². The molecule has 2 rings (SSSR count). The molecular formula is C14H18N2O3S. The normalized spacial score (nSPS) is 11.7. The summed E-state index contributed by atoms with van der Waals surface area (Å²) in [5, 5.41) is 3.20. The number of oxazole rings is 1. The molecule has 5 nitrogen and oxygen atoms in total. The highest BCUT2D eigenvalue weighted by Crippen LogP contribution is 2.23. The first-order valence-electron chi connectivity index (χ1n) is 6.46. The molecule has 20 heavy (non-hydrogen) atoms. The number of nitrogens with one attached hydrogen (secondary N) is 1. The van der Waals surface area contributed by atoms with Crippen LogP contribution in [0.4, 0.5) is 0 Å². The molecule has 0 amide bonds. The zero-order valence-corrected chi connectivity index (χ0v) is 12.4. The van der Waals surface area contributed by atoms with Crippen molar-refractivity contribution >= 4 is 9.84 Å². The first-order valence-corrected chi connectivity index (χ1v) is 8.35. The monoisotopic (exact) mass is 294 g/mol. The lowest BCUT2D eigenvalue weighted by molar-refractivity contribution is 0.478. The van der Waals surface area contributed by atoms with Crippen LogP contribution in [0.1, 0.15) is 19.2 Å². The van der Waals surface area contributed by atoms with E-state index in [4.69, 9.17) is 4.42 Å². The Bertz CT molecular complexity index is 677. The quantitative estimate of drug-likeness (QED) is 0.827. The summed E-state index contributed by atoms with van der Waals surface area (Å²) < 4.78 is 28.7. The minimum Gasteiger partial charge on any atom is -0.439 e. The highest BCUT2D eigenvalue weighted by Gasteiger charge is 2.11. The molecular weight excluding hydrogens is 276 g/mol. The van der Waals surface area contributed by atoms with Crippen molar-refractivity contribution in [3.63, 3.8) is 0 Å². The van der Waals surface area contributed by atoms with Crippen LogP contribution in [-0.2, 0) is 16.4 Å². The number of hydrogen-bond acceptors (Lipinski definition) is 5. The molecule has 0 unspecified atom stereocenters. The highest BCUT2D eigenvalue weighted by atomic mass is 32.2. The molecule has 0 saturated heterocycles. The SMILES string of the molecule is CCCNCc1ncc(-c2cccc(S(C)(=O)=O)c2)o1. The van der Waals surface area contributed by atoms with Crippen molar-refractivity contribution in [2.24, 2.45) is 0 Å². The summed E-state index contributed by atoms with van der Waals surface area (Å²) in [6.45, 7) is 3.56. The fraction of sp³-hybridized carbons (Fsp3) is 0.357. The van der Waals surface area contributed by atoms with Gasteiger partial charge in [0.15, 0.2) is 15.6 Å². The van der Waals surface area contributed by atoms with E-state index in [2.05, 4.69) is 17.2 Å². The molecule has 2 aromatic rings. The molecule has 1 aromatic heterocycles. The molecule has 0 saturated carbocycles. The predicted octanol–water partition coefficient (Wildman–Crippen LogP) is 2.24. The predicted molar refractivity (Wildman–Crippen MR) is 77.0 cm³/mol. The van der Waals surface area contributed by atoms with Crippen molar-refractivity contribution in [1.82, 2.24) is 10.3 Å². The van der Waals surface area contributed by atoms with Crippen LogP contribution in [0.5, 0.6) is 0 Å². The summed E-state index contributed by atoms with van der Waals surface area (Å²) in [5.74, 6) is 1.17. The maximum absolute atomic E-state index is 11.5. The van der Waals surface area contributed by atoms with Crippen molar-refractivity contribution in [1.29, 1.82) is 0 Å². The van der Waals surface area contributed by atoms with Crippen LogP contribution in [0.3, 0.4) is 0 Å². The van der Waals surface area contributed by atoms with Gasteiger partial charge in [0.1, 0.15) is 0 Å². The Morgan fingerprint density at radius 3 is 2.85 bits per heavy atom. The van der Waals surface area contributed by atoms with Crippen molar-refractivity contribution in [3.8, 4) is 11.3 Å². The van der Waals surface area contributed by atoms with Crippen molar-refractivity contribution in [2.75, 3.05) is 12.8 Å². The molecule has 1 heterocycles. The maximum atomic E-state index is 11.5. The van der Waals surface area contributed by atoms with Crippen molar-refractivity contribution in [2.45, 2.75) is 24.8 Å². The van der Waals surface area contributed by atoms with E-state index in [0.29, 0.717) is 23.8 Å². The smallest absolute Gasteiger partial charge is 0.208 e. The standard InChI is InChI=1S/C14H18N2O3S/c1-3-7-15-10-14-16-9-13(19-14)11-5-4-6-12(8-11)20(2,17)18/h4-6,8-9,15H,3,7,10H2,1-2H3. The van der Waals surface area contributed by atoms with E-state index in [1.807, 2.05) is 0 Å². The molecule has 1 aromatic carbocycles. The van der Waals surface area contributed by atoms with Crippen LogP contribution < -0.4 is 5.32 Å². The van der Waals surface area contributed by atoms with E-state index in [1.165, 1.54) is 6.26 Å². The van der Waals surface area contributed by atoms with E-state index >= 15 is 0 Å². The van der Waals surface area contributed by atoms with Gasteiger partial charge in [-0.3, -0.25) is 0 Å². The summed E-state index contributed by atoms with van der Waals surface area (Å²) in [4.78, 5) is 4.45. The fourth-order valence-corrected chi connectivity index (χ4v) is 2.44. The molecule has 0 atom stereocenters. The Labute approximate surface area is 119 Å². The van der Waals surface area contributed by atoms with Gasteiger partial charge >= 0.3 is 0 Å². The summed E-state index contributed by atoms with van der Waals surface area (Å²) in [6.07, 6.45) is 3.85. The minimum atomic E-state index is -3.22. The van der Waals surface area contributed by atoms with Crippen LogP contribution in [0.25, 0.3) is 11.3 Å². The lowest BCUT2D eigenvalue weighted by atomic mass is 10.2. The summed E-state index contributed by atoms with van der Waals surface area (Å²) in [6, 6.07) is 6.67. The van der Waals surface area contributed by atoms with Crippen LogP contribution in [0.2, 0.25) is 0 Å². The molecule has 0 bridgehead atoms. The van der Waals surface area contributed by atoms with Crippen LogP contribution in [-0.4, -0.2) is 26.2 Å². The Balaban J connectivity index is 2.20. The lowest BCUT2D eigenvalue weighted by Crippen LogP contribution is -2.13. The first-order chi connectivity index (χ1) is 9.50. The average Bonchev–Trinajstić information content (AvgIpc) is 2.87. The number of rotatable bonds is 6. The zero-order valence-electron chi connectivity index (χ0n) is 11.6. The topological polar surface area (TPSA) is 72.2 Å². The van der Waals surface area contributed by atoms with Gasteiger partial charge in [-0.1, -0.05) is 19.1 Å². The van der Waals surface area contributed by atoms with Gasteiger partial charge in [-0.05, 0) is 25.1 Å². The lowest BCUT2D eigenvalue weighted by Gasteiger charge is -2.01. The Morgan fingerprint density at radius 1 is 1.35 bits per heavy atom. The minimum absolute atomic E-state index is 0.275. The van der Waals surface area contributed by atoms with E-state index in [-0.39, 0.29) is 4.90 Å². The van der Waals surface area contributed by atoms with Crippen LogP contribution >= 0.6 is 0 Å². The van der Waals surface area contributed by atoms with E-state index in [0.717, 1.165) is 13.0 Å². The zero-order chi connectivity index (χ0) is 14.6. The summed E-state index contributed by atoms with van der Waals surface area (Å²) in [7, 11) is -3.22. The third kappa shape index (κ3) is 3.68. The molecule has 0 aliphatic carbocycles. The van der Waals surface area contributed by atoms with Crippen LogP contribution in [0, 0.1) is 0 Å². The largest absolute Gasteiger partial charge is 0.439 e. The van der Waals surface area contributed by atoms with Crippen LogP contribution in [0.15, 0.2) is 39.8 Å². The third-order valence-corrected chi connectivity index (χ3v) is 3.91. The third-order valence-electron chi connectivity index (χ3n) is 2.80. The van der Waals surface area contributed by atoms with E-state index < -0.39 is 9.84 Å². The molecule has 0 radical (unpaired) electrons. The fourth-order valence-electron chi connectivity index (χ4n) is 1.78. The molecule has 108 valence electrons. The van der Waals surface area contributed by atoms with Crippen molar-refractivity contribution in [3.05, 3.63) is 36.4 Å². The molecule has 6 heteroatoms. The average molecular weight is 294 g/mol. The summed E-state index contributed by atoms with van der Waals surface area (Å²) in [5.41, 5.74) is 0.710. The van der Waals surface area contributed by atoms with Gasteiger partial charge in [0.05, 0.1) is 17.6 Å².